The lowest BCUT2D eigenvalue weighted by atomic mass is 10.2. The molecule has 0 amide bonds. The van der Waals surface area contributed by atoms with Crippen LogP contribution in [0, 0.1) is 11.8 Å². The molecule has 9 heavy (non-hydrogen) atoms. The summed E-state index contributed by atoms with van der Waals surface area (Å²) in [7, 11) is 0. The summed E-state index contributed by atoms with van der Waals surface area (Å²) in [5, 5.41) is 0. The smallest absolute Gasteiger partial charge is 0.123 e. The Morgan fingerprint density at radius 1 is 1.33 bits per heavy atom. The first kappa shape index (κ1) is 4.58. The first-order valence-electron chi connectivity index (χ1n) is 2.89. The van der Waals surface area contributed by atoms with E-state index < -0.39 is 0 Å². The lowest BCUT2D eigenvalue weighted by Crippen LogP contribution is -1.84. The fourth-order valence-corrected chi connectivity index (χ4v) is 0.736. The van der Waals surface area contributed by atoms with Crippen LogP contribution < -0.4 is 0 Å². The van der Waals surface area contributed by atoms with E-state index in [0.717, 1.165) is 5.69 Å². The van der Waals surface area contributed by atoms with Gasteiger partial charge in [-0.15, -0.1) is 0 Å². The van der Waals surface area contributed by atoms with E-state index in [4.69, 9.17) is 0 Å². The zero-order valence-electron chi connectivity index (χ0n) is 4.83. The lowest BCUT2D eigenvalue weighted by Gasteiger charge is -1.90. The number of hydrogen-bond acceptors (Lipinski definition) is 1. The van der Waals surface area contributed by atoms with Gasteiger partial charge in [0, 0.05) is 6.20 Å². The van der Waals surface area contributed by atoms with E-state index in [2.05, 4.69) is 16.8 Å². The second-order valence-electron chi connectivity index (χ2n) is 1.98. The van der Waals surface area contributed by atoms with E-state index in [0.29, 0.717) is 5.92 Å². The predicted octanol–water partition coefficient (Wildman–Crippen LogP) is 1.18. The van der Waals surface area contributed by atoms with Crippen molar-refractivity contribution in [3.8, 4) is 11.8 Å². The normalized spacial score (nSPS) is 14.2. The molecule has 1 aliphatic carbocycles. The second-order valence-corrected chi connectivity index (χ2v) is 1.98. The Hall–Kier alpha value is -1.29. The minimum absolute atomic E-state index is 0.297. The molecule has 0 unspecified atom stereocenters. The highest BCUT2D eigenvalue weighted by Crippen LogP contribution is 2.17. The van der Waals surface area contributed by atoms with Crippen LogP contribution >= 0.6 is 0 Å². The topological polar surface area (TPSA) is 12.9 Å². The number of aromatic nitrogens is 1. The summed E-state index contributed by atoms with van der Waals surface area (Å²) >= 11 is 0. The maximum Gasteiger partial charge on any atom is 0.123 e. The monoisotopic (exact) mass is 115 g/mol. The van der Waals surface area contributed by atoms with Crippen LogP contribution in [-0.2, 0) is 0 Å². The Kier molecular flexibility index (Phi) is 0.811. The Bertz CT molecular complexity index is 258. The van der Waals surface area contributed by atoms with Crippen LogP contribution in [0.25, 0.3) is 0 Å². The molecule has 1 heteroatoms. The van der Waals surface area contributed by atoms with Crippen LogP contribution in [0.15, 0.2) is 24.4 Å². The minimum Gasteiger partial charge on any atom is -0.259 e. The zero-order valence-corrected chi connectivity index (χ0v) is 4.83. The number of hydrogen-bond donors (Lipinski definition) is 0. The van der Waals surface area contributed by atoms with Gasteiger partial charge in [-0.3, -0.25) is 4.98 Å². The first-order valence-corrected chi connectivity index (χ1v) is 2.89. The highest BCUT2D eigenvalue weighted by atomic mass is 14.7. The molecule has 0 bridgehead atoms. The number of nitrogens with zero attached hydrogens (tertiary/aromatic N) is 1. The highest BCUT2D eigenvalue weighted by molar-refractivity contribution is 5.44. The fourth-order valence-electron chi connectivity index (χ4n) is 0.736. The third-order valence-electron chi connectivity index (χ3n) is 1.27. The molecule has 0 spiro atoms. The van der Waals surface area contributed by atoms with Gasteiger partial charge in [-0.25, -0.2) is 0 Å². The molecule has 1 aromatic heterocycles. The van der Waals surface area contributed by atoms with Gasteiger partial charge in [0.2, 0.25) is 0 Å². The van der Waals surface area contributed by atoms with Crippen molar-refractivity contribution in [2.24, 2.45) is 0 Å². The van der Waals surface area contributed by atoms with Crippen LogP contribution in [0.3, 0.4) is 0 Å². The summed E-state index contributed by atoms with van der Waals surface area (Å²) in [6, 6.07) is 5.87. The van der Waals surface area contributed by atoms with E-state index in [9.17, 15) is 0 Å². The van der Waals surface area contributed by atoms with Gasteiger partial charge >= 0.3 is 0 Å². The molecule has 0 radical (unpaired) electrons. The molecule has 1 aromatic rings. The molecular formula is C8H5N. The lowest BCUT2D eigenvalue weighted by molar-refractivity contribution is 1.10. The van der Waals surface area contributed by atoms with Crippen LogP contribution in [-0.4, -0.2) is 4.98 Å². The number of rotatable bonds is 1. The van der Waals surface area contributed by atoms with Crippen molar-refractivity contribution in [1.29, 1.82) is 0 Å². The molecule has 0 saturated heterocycles. The van der Waals surface area contributed by atoms with E-state index in [1.807, 2.05) is 18.2 Å². The molecule has 0 atom stereocenters. The largest absolute Gasteiger partial charge is 0.259 e. The van der Waals surface area contributed by atoms with Gasteiger partial charge in [0.05, 0.1) is 5.69 Å². The standard InChI is InChI=1S/C8H5N/c1-2-6-9-8(3-1)7-4-5-7/h1-3,6-7H. The summed E-state index contributed by atoms with van der Waals surface area (Å²) in [6.07, 6.45) is 1.79. The van der Waals surface area contributed by atoms with Crippen molar-refractivity contribution in [2.45, 2.75) is 5.92 Å². The summed E-state index contributed by atoms with van der Waals surface area (Å²) in [5.74, 6) is 6.17. The summed E-state index contributed by atoms with van der Waals surface area (Å²) < 4.78 is 0. The molecule has 1 nitrogen and oxygen atoms in total. The quantitative estimate of drug-likeness (QED) is 0.501. The molecular weight excluding hydrogens is 110 g/mol. The molecule has 42 valence electrons. The van der Waals surface area contributed by atoms with Gasteiger partial charge in [0.1, 0.15) is 5.92 Å². The maximum atomic E-state index is 4.12. The zero-order chi connectivity index (χ0) is 6.10. The van der Waals surface area contributed by atoms with Crippen LogP contribution in [0.4, 0.5) is 0 Å². The van der Waals surface area contributed by atoms with Gasteiger partial charge in [-0.1, -0.05) is 17.9 Å². The summed E-state index contributed by atoms with van der Waals surface area (Å²) in [6.45, 7) is 0. The van der Waals surface area contributed by atoms with Crippen molar-refractivity contribution >= 4 is 0 Å². The van der Waals surface area contributed by atoms with Gasteiger partial charge in [0.25, 0.3) is 0 Å². The number of pyridine rings is 1. The van der Waals surface area contributed by atoms with Crippen molar-refractivity contribution in [2.75, 3.05) is 0 Å². The third-order valence-corrected chi connectivity index (χ3v) is 1.27. The van der Waals surface area contributed by atoms with Crippen molar-refractivity contribution < 1.29 is 0 Å². The Morgan fingerprint density at radius 2 is 2.22 bits per heavy atom. The van der Waals surface area contributed by atoms with E-state index in [1.165, 1.54) is 0 Å². The molecule has 1 aliphatic rings. The average molecular weight is 115 g/mol. The third kappa shape index (κ3) is 0.792. The van der Waals surface area contributed by atoms with E-state index in [1.54, 1.807) is 6.20 Å². The molecule has 0 aliphatic heterocycles. The van der Waals surface area contributed by atoms with Crippen molar-refractivity contribution in [3.05, 3.63) is 30.1 Å². The van der Waals surface area contributed by atoms with Crippen molar-refractivity contribution in [1.82, 2.24) is 4.98 Å². The molecule has 1 heterocycles. The Labute approximate surface area is 53.7 Å². The minimum atomic E-state index is 0.297. The van der Waals surface area contributed by atoms with Crippen LogP contribution in [0.2, 0.25) is 0 Å². The molecule has 2 rings (SSSR count). The van der Waals surface area contributed by atoms with Gasteiger partial charge < -0.3 is 0 Å². The molecule has 0 aromatic carbocycles. The summed E-state index contributed by atoms with van der Waals surface area (Å²) in [5.41, 5.74) is 1.05. The Morgan fingerprint density at radius 3 is 2.78 bits per heavy atom. The molecule has 0 saturated carbocycles. The molecule has 0 fully saturated rings. The van der Waals surface area contributed by atoms with Gasteiger partial charge in [0.15, 0.2) is 0 Å². The fraction of sp³-hybridized carbons (Fsp3) is 0.125. The van der Waals surface area contributed by atoms with E-state index >= 15 is 0 Å². The SMILES string of the molecule is C1#CC1c1ccccn1. The van der Waals surface area contributed by atoms with Crippen LogP contribution in [0.1, 0.15) is 11.6 Å². The highest BCUT2D eigenvalue weighted by Gasteiger charge is 2.12. The predicted molar refractivity (Wildman–Crippen MR) is 34.8 cm³/mol. The van der Waals surface area contributed by atoms with Crippen molar-refractivity contribution in [3.63, 3.8) is 0 Å². The van der Waals surface area contributed by atoms with E-state index in [-0.39, 0.29) is 0 Å². The second kappa shape index (κ2) is 1.60. The summed E-state index contributed by atoms with van der Waals surface area (Å²) in [4.78, 5) is 4.12. The average Bonchev–Trinajstić information content (AvgIpc) is 2.71. The van der Waals surface area contributed by atoms with Gasteiger partial charge in [-0.05, 0) is 12.1 Å². The van der Waals surface area contributed by atoms with Crippen LogP contribution in [0.5, 0.6) is 0 Å². The van der Waals surface area contributed by atoms with Gasteiger partial charge in [-0.2, -0.15) is 0 Å². The Balaban J connectivity index is 2.30. The molecule has 0 N–H and O–H groups in total. The first-order chi connectivity index (χ1) is 4.47. The maximum absolute atomic E-state index is 4.12.